The second kappa shape index (κ2) is 3.92. The molecular weight excluding hydrogens is 170 g/mol. The van der Waals surface area contributed by atoms with Gasteiger partial charge in [-0.1, -0.05) is 23.7 Å². The molecule has 0 radical (unpaired) electrons. The monoisotopic (exact) mass is 183 g/mol. The van der Waals surface area contributed by atoms with Crippen LogP contribution in [0.4, 0.5) is 0 Å². The number of aryl methyl sites for hydroxylation is 1. The zero-order valence-corrected chi connectivity index (χ0v) is 8.23. The number of benzene rings is 1. The van der Waals surface area contributed by atoms with Crippen molar-refractivity contribution in [2.45, 2.75) is 26.3 Å². The van der Waals surface area contributed by atoms with E-state index in [1.54, 1.807) is 0 Å². The molecule has 2 N–H and O–H groups in total. The van der Waals surface area contributed by atoms with Gasteiger partial charge in [-0.3, -0.25) is 0 Å². The van der Waals surface area contributed by atoms with E-state index in [0.717, 1.165) is 17.0 Å². The van der Waals surface area contributed by atoms with Gasteiger partial charge in [0.1, 0.15) is 0 Å². The lowest BCUT2D eigenvalue weighted by atomic mass is 10.1. The Morgan fingerprint density at radius 3 is 2.67 bits per heavy atom. The van der Waals surface area contributed by atoms with Crippen molar-refractivity contribution >= 4 is 11.6 Å². The van der Waals surface area contributed by atoms with Gasteiger partial charge in [-0.05, 0) is 37.5 Å². The molecule has 0 aliphatic heterocycles. The number of rotatable bonds is 2. The summed E-state index contributed by atoms with van der Waals surface area (Å²) in [5.74, 6) is 0. The van der Waals surface area contributed by atoms with Crippen LogP contribution in [0.3, 0.4) is 0 Å². The first-order chi connectivity index (χ1) is 5.59. The molecule has 1 aromatic rings. The molecule has 66 valence electrons. The number of halogens is 1. The number of hydrogen-bond donors (Lipinski definition) is 1. The second-order valence-corrected chi connectivity index (χ2v) is 3.68. The summed E-state index contributed by atoms with van der Waals surface area (Å²) < 4.78 is 0. The Morgan fingerprint density at radius 1 is 1.50 bits per heavy atom. The van der Waals surface area contributed by atoms with E-state index in [2.05, 4.69) is 6.07 Å². The lowest BCUT2D eigenvalue weighted by molar-refractivity contribution is 0.738. The molecule has 0 spiro atoms. The van der Waals surface area contributed by atoms with Crippen LogP contribution in [-0.4, -0.2) is 6.04 Å². The Morgan fingerprint density at radius 2 is 2.17 bits per heavy atom. The van der Waals surface area contributed by atoms with Crippen molar-refractivity contribution < 1.29 is 0 Å². The zero-order chi connectivity index (χ0) is 9.14. The van der Waals surface area contributed by atoms with E-state index in [0.29, 0.717) is 0 Å². The summed E-state index contributed by atoms with van der Waals surface area (Å²) in [4.78, 5) is 0. The quantitative estimate of drug-likeness (QED) is 0.750. The Balaban J connectivity index is 2.86. The van der Waals surface area contributed by atoms with Crippen LogP contribution in [0.2, 0.25) is 5.02 Å². The molecule has 2 heteroatoms. The van der Waals surface area contributed by atoms with Crippen LogP contribution in [0, 0.1) is 6.92 Å². The van der Waals surface area contributed by atoms with E-state index in [9.17, 15) is 0 Å². The first kappa shape index (κ1) is 9.56. The van der Waals surface area contributed by atoms with Crippen LogP contribution in [0.5, 0.6) is 0 Å². The van der Waals surface area contributed by atoms with Gasteiger partial charge in [0.05, 0.1) is 0 Å². The minimum Gasteiger partial charge on any atom is -0.328 e. The smallest absolute Gasteiger partial charge is 0.0441 e. The molecule has 1 rings (SSSR count). The van der Waals surface area contributed by atoms with Crippen molar-refractivity contribution in [2.75, 3.05) is 0 Å². The molecule has 0 bridgehead atoms. The summed E-state index contributed by atoms with van der Waals surface area (Å²) in [5, 5.41) is 0.826. The molecule has 0 heterocycles. The SMILES string of the molecule is Cc1ccc(C[C@H](C)N)c(Cl)c1. The van der Waals surface area contributed by atoms with Crippen molar-refractivity contribution in [1.29, 1.82) is 0 Å². The third-order valence-corrected chi connectivity index (χ3v) is 2.10. The maximum Gasteiger partial charge on any atom is 0.0441 e. The molecule has 0 aromatic heterocycles. The fraction of sp³-hybridized carbons (Fsp3) is 0.400. The first-order valence-corrected chi connectivity index (χ1v) is 4.48. The van der Waals surface area contributed by atoms with Crippen LogP contribution >= 0.6 is 11.6 Å². The third-order valence-electron chi connectivity index (χ3n) is 1.75. The maximum atomic E-state index is 6.02. The minimum atomic E-state index is 0.171. The molecule has 1 aromatic carbocycles. The zero-order valence-electron chi connectivity index (χ0n) is 7.47. The Labute approximate surface area is 78.5 Å². The van der Waals surface area contributed by atoms with Gasteiger partial charge in [0.25, 0.3) is 0 Å². The van der Waals surface area contributed by atoms with E-state index in [1.807, 2.05) is 26.0 Å². The Hall–Kier alpha value is -0.530. The van der Waals surface area contributed by atoms with Crippen molar-refractivity contribution in [1.82, 2.24) is 0 Å². The van der Waals surface area contributed by atoms with Gasteiger partial charge in [0.2, 0.25) is 0 Å². The van der Waals surface area contributed by atoms with Crippen molar-refractivity contribution in [3.63, 3.8) is 0 Å². The van der Waals surface area contributed by atoms with Gasteiger partial charge in [-0.25, -0.2) is 0 Å². The molecule has 0 saturated heterocycles. The van der Waals surface area contributed by atoms with Crippen molar-refractivity contribution in [3.8, 4) is 0 Å². The summed E-state index contributed by atoms with van der Waals surface area (Å²) >= 11 is 6.02. The van der Waals surface area contributed by atoms with Crippen molar-refractivity contribution in [3.05, 3.63) is 34.3 Å². The summed E-state index contributed by atoms with van der Waals surface area (Å²) in [6.45, 7) is 4.01. The summed E-state index contributed by atoms with van der Waals surface area (Å²) in [6, 6.07) is 6.24. The average Bonchev–Trinajstić information content (AvgIpc) is 1.94. The lowest BCUT2D eigenvalue weighted by Crippen LogP contribution is -2.17. The highest BCUT2D eigenvalue weighted by Gasteiger charge is 2.02. The van der Waals surface area contributed by atoms with E-state index in [-0.39, 0.29) is 6.04 Å². The molecule has 1 atom stereocenters. The Kier molecular flexibility index (Phi) is 3.12. The van der Waals surface area contributed by atoms with Gasteiger partial charge >= 0.3 is 0 Å². The molecule has 0 aliphatic rings. The summed E-state index contributed by atoms with van der Waals surface area (Å²) in [5.41, 5.74) is 8.00. The topological polar surface area (TPSA) is 26.0 Å². The van der Waals surface area contributed by atoms with Crippen LogP contribution in [0.25, 0.3) is 0 Å². The fourth-order valence-corrected chi connectivity index (χ4v) is 1.48. The first-order valence-electron chi connectivity index (χ1n) is 4.10. The average molecular weight is 184 g/mol. The maximum absolute atomic E-state index is 6.02. The van der Waals surface area contributed by atoms with Gasteiger partial charge < -0.3 is 5.73 Å². The van der Waals surface area contributed by atoms with Crippen LogP contribution in [0.15, 0.2) is 18.2 Å². The molecule has 0 unspecified atom stereocenters. The molecule has 0 fully saturated rings. The molecule has 0 amide bonds. The summed E-state index contributed by atoms with van der Waals surface area (Å²) in [7, 11) is 0. The predicted molar refractivity (Wildman–Crippen MR) is 53.5 cm³/mol. The van der Waals surface area contributed by atoms with Gasteiger partial charge in [0.15, 0.2) is 0 Å². The van der Waals surface area contributed by atoms with Crippen LogP contribution in [-0.2, 0) is 6.42 Å². The van der Waals surface area contributed by atoms with Gasteiger partial charge in [0, 0.05) is 11.1 Å². The summed E-state index contributed by atoms with van der Waals surface area (Å²) in [6.07, 6.45) is 0.846. The van der Waals surface area contributed by atoms with Crippen LogP contribution < -0.4 is 5.73 Å². The van der Waals surface area contributed by atoms with Gasteiger partial charge in [-0.2, -0.15) is 0 Å². The van der Waals surface area contributed by atoms with E-state index in [4.69, 9.17) is 17.3 Å². The molecule has 0 aliphatic carbocycles. The lowest BCUT2D eigenvalue weighted by Gasteiger charge is -2.07. The fourth-order valence-electron chi connectivity index (χ4n) is 1.16. The Bertz CT molecular complexity index is 269. The number of hydrogen-bond acceptors (Lipinski definition) is 1. The molecular formula is C10H14ClN. The molecule has 1 nitrogen and oxygen atoms in total. The predicted octanol–water partition coefficient (Wildman–Crippen LogP) is 2.54. The van der Waals surface area contributed by atoms with E-state index in [1.165, 1.54) is 5.56 Å². The standard InChI is InChI=1S/C10H14ClN/c1-7-3-4-9(6-8(2)12)10(11)5-7/h3-5,8H,6,12H2,1-2H3/t8-/m0/s1. The van der Waals surface area contributed by atoms with Crippen molar-refractivity contribution in [2.24, 2.45) is 5.73 Å². The van der Waals surface area contributed by atoms with Gasteiger partial charge in [-0.15, -0.1) is 0 Å². The van der Waals surface area contributed by atoms with E-state index < -0.39 is 0 Å². The molecule has 12 heavy (non-hydrogen) atoms. The highest BCUT2D eigenvalue weighted by atomic mass is 35.5. The molecule has 0 saturated carbocycles. The normalized spacial score (nSPS) is 13.0. The largest absolute Gasteiger partial charge is 0.328 e. The highest BCUT2D eigenvalue weighted by molar-refractivity contribution is 6.31. The minimum absolute atomic E-state index is 0.171. The third kappa shape index (κ3) is 2.50. The van der Waals surface area contributed by atoms with E-state index >= 15 is 0 Å². The second-order valence-electron chi connectivity index (χ2n) is 3.28. The highest BCUT2D eigenvalue weighted by Crippen LogP contribution is 2.18. The van der Waals surface area contributed by atoms with Crippen LogP contribution in [0.1, 0.15) is 18.1 Å². The number of nitrogens with two attached hydrogens (primary N) is 1.